The summed E-state index contributed by atoms with van der Waals surface area (Å²) in [5, 5.41) is 3.22. The number of piperidine rings is 3. The van der Waals surface area contributed by atoms with Gasteiger partial charge in [0.05, 0.1) is 6.33 Å². The lowest BCUT2D eigenvalue weighted by molar-refractivity contribution is 0.0216. The molecule has 2 aromatic heterocycles. The summed E-state index contributed by atoms with van der Waals surface area (Å²) in [4.78, 5) is 19.2. The molecule has 2 bridgehead atoms. The van der Waals surface area contributed by atoms with E-state index < -0.39 is 0 Å². The van der Waals surface area contributed by atoms with Crippen LogP contribution in [0.1, 0.15) is 30.3 Å². The molecule has 5 rings (SSSR count). The van der Waals surface area contributed by atoms with Crippen LogP contribution in [-0.4, -0.2) is 45.4 Å². The molecule has 0 radical (unpaired) electrons. The molecule has 1 N–H and O–H groups in total. The zero-order chi connectivity index (χ0) is 14.4. The SMILES string of the molecule is C[C@H]1C(NC(=O)c2cc3cccn3cn2)C2CCN1CC2. The van der Waals surface area contributed by atoms with Gasteiger partial charge in [0.15, 0.2) is 0 Å². The van der Waals surface area contributed by atoms with E-state index in [4.69, 9.17) is 0 Å². The number of carbonyl (C=O) groups is 1. The number of rotatable bonds is 2. The molecular weight excluding hydrogens is 264 g/mol. The fourth-order valence-electron chi connectivity index (χ4n) is 3.83. The van der Waals surface area contributed by atoms with Gasteiger partial charge in [-0.05, 0) is 57.0 Å². The minimum atomic E-state index is -0.0516. The Bertz CT molecular complexity index is 670. The third-order valence-corrected chi connectivity index (χ3v) is 5.13. The molecule has 3 aliphatic rings. The van der Waals surface area contributed by atoms with Gasteiger partial charge >= 0.3 is 0 Å². The van der Waals surface area contributed by atoms with Crippen LogP contribution in [0.4, 0.5) is 0 Å². The lowest BCUT2D eigenvalue weighted by Crippen LogP contribution is -2.62. The van der Waals surface area contributed by atoms with Gasteiger partial charge in [0.25, 0.3) is 5.91 Å². The third-order valence-electron chi connectivity index (χ3n) is 5.13. The van der Waals surface area contributed by atoms with Gasteiger partial charge in [0.1, 0.15) is 5.69 Å². The van der Waals surface area contributed by atoms with Crippen molar-refractivity contribution >= 4 is 11.4 Å². The molecule has 5 nitrogen and oxygen atoms in total. The molecule has 5 heterocycles. The first kappa shape index (κ1) is 12.8. The molecule has 3 aliphatic heterocycles. The Kier molecular flexibility index (Phi) is 2.96. The average Bonchev–Trinajstić information content (AvgIpc) is 2.98. The van der Waals surface area contributed by atoms with E-state index in [0.717, 1.165) is 5.52 Å². The number of nitrogens with one attached hydrogen (secondary N) is 1. The van der Waals surface area contributed by atoms with E-state index in [1.165, 1.54) is 25.9 Å². The van der Waals surface area contributed by atoms with Crippen LogP contribution in [-0.2, 0) is 0 Å². The molecule has 21 heavy (non-hydrogen) atoms. The predicted molar refractivity (Wildman–Crippen MR) is 80.2 cm³/mol. The Morgan fingerprint density at radius 2 is 2.19 bits per heavy atom. The molecule has 1 unspecified atom stereocenters. The number of hydrogen-bond acceptors (Lipinski definition) is 3. The van der Waals surface area contributed by atoms with Crippen molar-refractivity contribution in [3.8, 4) is 0 Å². The van der Waals surface area contributed by atoms with Gasteiger partial charge in [-0.25, -0.2) is 4.98 Å². The summed E-state index contributed by atoms with van der Waals surface area (Å²) in [5.41, 5.74) is 1.50. The van der Waals surface area contributed by atoms with Crippen molar-refractivity contribution in [2.75, 3.05) is 13.1 Å². The first-order valence-corrected chi connectivity index (χ1v) is 7.70. The van der Waals surface area contributed by atoms with Crippen molar-refractivity contribution in [2.45, 2.75) is 31.8 Å². The fourth-order valence-corrected chi connectivity index (χ4v) is 3.83. The van der Waals surface area contributed by atoms with Gasteiger partial charge in [-0.3, -0.25) is 9.69 Å². The molecule has 5 heteroatoms. The standard InChI is InChI=1S/C16H20N4O/c1-11-15(12-4-7-19(11)8-5-12)18-16(21)14-9-13-3-2-6-20(13)10-17-14/h2-3,6,9-12,15H,4-5,7-8H2,1H3,(H,18,21)/t11-,15?/m0/s1. The van der Waals surface area contributed by atoms with E-state index in [1.54, 1.807) is 6.33 Å². The van der Waals surface area contributed by atoms with Crippen LogP contribution in [0.25, 0.3) is 5.52 Å². The van der Waals surface area contributed by atoms with Crippen molar-refractivity contribution in [3.63, 3.8) is 0 Å². The highest BCUT2D eigenvalue weighted by molar-refractivity contribution is 5.93. The minimum absolute atomic E-state index is 0.0516. The molecule has 1 amide bonds. The molecule has 0 aromatic carbocycles. The van der Waals surface area contributed by atoms with Gasteiger partial charge in [-0.15, -0.1) is 0 Å². The Morgan fingerprint density at radius 3 is 2.95 bits per heavy atom. The van der Waals surface area contributed by atoms with Crippen molar-refractivity contribution in [2.24, 2.45) is 5.92 Å². The van der Waals surface area contributed by atoms with Gasteiger partial charge < -0.3 is 9.72 Å². The number of nitrogens with zero attached hydrogens (tertiary/aromatic N) is 3. The van der Waals surface area contributed by atoms with Crippen LogP contribution in [0.15, 0.2) is 30.7 Å². The second kappa shape index (κ2) is 4.84. The normalized spacial score (nSPS) is 31.5. The van der Waals surface area contributed by atoms with E-state index >= 15 is 0 Å². The maximum atomic E-state index is 12.5. The summed E-state index contributed by atoms with van der Waals surface area (Å²) in [6.45, 7) is 4.57. The number of carbonyl (C=O) groups excluding carboxylic acids is 1. The van der Waals surface area contributed by atoms with E-state index in [-0.39, 0.29) is 11.9 Å². The maximum Gasteiger partial charge on any atom is 0.270 e. The van der Waals surface area contributed by atoms with Crippen LogP contribution in [0.3, 0.4) is 0 Å². The third kappa shape index (κ3) is 2.12. The summed E-state index contributed by atoms with van der Waals surface area (Å²) < 4.78 is 1.91. The summed E-state index contributed by atoms with van der Waals surface area (Å²) in [6, 6.07) is 6.47. The Labute approximate surface area is 124 Å². The average molecular weight is 284 g/mol. The molecule has 110 valence electrons. The zero-order valence-electron chi connectivity index (χ0n) is 12.2. The zero-order valence-corrected chi connectivity index (χ0v) is 12.2. The van der Waals surface area contributed by atoms with Gasteiger partial charge in [0, 0.05) is 23.8 Å². The van der Waals surface area contributed by atoms with Crippen molar-refractivity contribution in [1.29, 1.82) is 0 Å². The Balaban J connectivity index is 1.54. The molecule has 3 fully saturated rings. The summed E-state index contributed by atoms with van der Waals surface area (Å²) in [5.74, 6) is 0.565. The van der Waals surface area contributed by atoms with Crippen LogP contribution in [0.5, 0.6) is 0 Å². The molecule has 2 aromatic rings. The molecular formula is C16H20N4O. The quantitative estimate of drug-likeness (QED) is 0.910. The summed E-state index contributed by atoms with van der Waals surface area (Å²) >= 11 is 0. The second-order valence-electron chi connectivity index (χ2n) is 6.23. The van der Waals surface area contributed by atoms with E-state index in [1.807, 2.05) is 28.8 Å². The van der Waals surface area contributed by atoms with E-state index in [9.17, 15) is 4.79 Å². The van der Waals surface area contributed by atoms with Crippen LogP contribution in [0.2, 0.25) is 0 Å². The minimum Gasteiger partial charge on any atom is -0.346 e. The van der Waals surface area contributed by atoms with Crippen LogP contribution in [0, 0.1) is 5.92 Å². The molecule has 3 saturated heterocycles. The van der Waals surface area contributed by atoms with Crippen molar-refractivity contribution in [3.05, 3.63) is 36.4 Å². The van der Waals surface area contributed by atoms with Gasteiger partial charge in [-0.2, -0.15) is 0 Å². The van der Waals surface area contributed by atoms with E-state index in [2.05, 4.69) is 22.1 Å². The van der Waals surface area contributed by atoms with Gasteiger partial charge in [-0.1, -0.05) is 0 Å². The lowest BCUT2D eigenvalue weighted by atomic mass is 9.79. The first-order chi connectivity index (χ1) is 10.2. The molecule has 0 saturated carbocycles. The van der Waals surface area contributed by atoms with Crippen molar-refractivity contribution < 1.29 is 4.79 Å². The molecule has 0 aliphatic carbocycles. The highest BCUT2D eigenvalue weighted by atomic mass is 16.2. The first-order valence-electron chi connectivity index (χ1n) is 7.70. The number of fused-ring (bicyclic) bond motifs is 4. The second-order valence-corrected chi connectivity index (χ2v) is 6.23. The van der Waals surface area contributed by atoms with Gasteiger partial charge in [0.2, 0.25) is 0 Å². The molecule has 0 spiro atoms. The highest BCUT2D eigenvalue weighted by Crippen LogP contribution is 2.32. The largest absolute Gasteiger partial charge is 0.346 e. The predicted octanol–water partition coefficient (Wildman–Crippen LogP) is 1.55. The van der Waals surface area contributed by atoms with Crippen LogP contribution < -0.4 is 5.32 Å². The fraction of sp³-hybridized carbons (Fsp3) is 0.500. The number of amides is 1. The summed E-state index contributed by atoms with van der Waals surface area (Å²) in [7, 11) is 0. The highest BCUT2D eigenvalue weighted by Gasteiger charge is 2.40. The Morgan fingerprint density at radius 1 is 1.38 bits per heavy atom. The summed E-state index contributed by atoms with van der Waals surface area (Å²) in [6.07, 6.45) is 6.02. The van der Waals surface area contributed by atoms with Crippen LogP contribution >= 0.6 is 0 Å². The smallest absolute Gasteiger partial charge is 0.270 e. The number of hydrogen-bond donors (Lipinski definition) is 1. The topological polar surface area (TPSA) is 49.6 Å². The van der Waals surface area contributed by atoms with E-state index in [0.29, 0.717) is 17.7 Å². The maximum absolute atomic E-state index is 12.5. The lowest BCUT2D eigenvalue weighted by Gasteiger charge is -2.49. The monoisotopic (exact) mass is 284 g/mol. The van der Waals surface area contributed by atoms with Crippen molar-refractivity contribution in [1.82, 2.24) is 19.6 Å². The number of aromatic nitrogens is 2. The Hall–Kier alpha value is -1.88. The molecule has 2 atom stereocenters.